The van der Waals surface area contributed by atoms with Gasteiger partial charge in [0, 0.05) is 13.1 Å². The molecule has 2 rings (SSSR count). The van der Waals surface area contributed by atoms with Crippen molar-refractivity contribution in [1.82, 2.24) is 0 Å². The lowest BCUT2D eigenvalue weighted by Gasteiger charge is -2.27. The fourth-order valence-electron chi connectivity index (χ4n) is 1.20. The van der Waals surface area contributed by atoms with Gasteiger partial charge in [0.1, 0.15) is 10.0 Å². The van der Waals surface area contributed by atoms with Gasteiger partial charge in [0.05, 0.1) is 13.2 Å². The summed E-state index contributed by atoms with van der Waals surface area (Å²) in [6, 6.07) is 0. The minimum Gasteiger partial charge on any atom is -0.378 e. The zero-order valence-corrected chi connectivity index (χ0v) is 9.18. The van der Waals surface area contributed by atoms with Crippen LogP contribution in [0.1, 0.15) is 0 Å². The van der Waals surface area contributed by atoms with Gasteiger partial charge in [-0.15, -0.1) is 0 Å². The molecule has 1 saturated heterocycles. The van der Waals surface area contributed by atoms with Crippen LogP contribution in [0, 0.1) is 0 Å². The van der Waals surface area contributed by atoms with Crippen LogP contribution < -0.4 is 9.64 Å². The van der Waals surface area contributed by atoms with E-state index >= 15 is 0 Å². The van der Waals surface area contributed by atoms with E-state index in [2.05, 4.69) is 4.90 Å². The van der Waals surface area contributed by atoms with Crippen molar-refractivity contribution in [2.24, 2.45) is 0 Å². The molecule has 13 heavy (non-hydrogen) atoms. The maximum Gasteiger partial charge on any atom is 0.263 e. The molecule has 0 N–H and O–H groups in total. The van der Waals surface area contributed by atoms with Crippen LogP contribution in [0.3, 0.4) is 0 Å². The Morgan fingerprint density at radius 2 is 2.00 bits per heavy atom. The van der Waals surface area contributed by atoms with Gasteiger partial charge in [-0.25, -0.2) is 0 Å². The van der Waals surface area contributed by atoms with Gasteiger partial charge < -0.3 is 9.64 Å². The number of ether oxygens (including phenoxy) is 1. The van der Waals surface area contributed by atoms with Gasteiger partial charge in [-0.3, -0.25) is 4.79 Å². The predicted octanol–water partition coefficient (Wildman–Crippen LogP) is 1.66. The quantitative estimate of drug-likeness (QED) is 0.696. The van der Waals surface area contributed by atoms with Crippen molar-refractivity contribution in [3.63, 3.8) is 0 Å². The average molecular weight is 238 g/mol. The lowest BCUT2D eigenvalue weighted by atomic mass is 10.4. The Kier molecular flexibility index (Phi) is 2.88. The zero-order valence-electron chi connectivity index (χ0n) is 6.79. The first-order valence-electron chi connectivity index (χ1n) is 3.90. The van der Waals surface area contributed by atoms with Crippen LogP contribution in [-0.2, 0) is 4.74 Å². The molecule has 1 aliphatic heterocycles. The molecule has 0 atom stereocenters. The molecule has 0 spiro atoms. The Morgan fingerprint density at radius 1 is 1.31 bits per heavy atom. The van der Waals surface area contributed by atoms with E-state index < -0.39 is 0 Å². The second-order valence-corrected chi connectivity index (χ2v) is 5.14. The summed E-state index contributed by atoms with van der Waals surface area (Å²) >= 11 is 5.87. The molecule has 1 fully saturated rings. The molecule has 0 amide bonds. The average Bonchev–Trinajstić information content (AvgIpc) is 2.49. The van der Waals surface area contributed by atoms with Crippen LogP contribution in [0.25, 0.3) is 0 Å². The molecule has 0 unspecified atom stereocenters. The minimum atomic E-state index is -0.0341. The third-order valence-corrected chi connectivity index (χ3v) is 4.67. The highest BCUT2D eigenvalue weighted by atomic mass is 35.5. The van der Waals surface area contributed by atoms with E-state index in [1.54, 1.807) is 0 Å². The van der Waals surface area contributed by atoms with Crippen molar-refractivity contribution >= 4 is 37.3 Å². The molecule has 6 heteroatoms. The largest absolute Gasteiger partial charge is 0.378 e. The van der Waals surface area contributed by atoms with Crippen molar-refractivity contribution in [2.45, 2.75) is 0 Å². The smallest absolute Gasteiger partial charge is 0.263 e. The van der Waals surface area contributed by atoms with E-state index in [1.807, 2.05) is 0 Å². The van der Waals surface area contributed by atoms with Crippen molar-refractivity contribution in [3.8, 4) is 0 Å². The molecule has 0 aromatic carbocycles. The van der Waals surface area contributed by atoms with Crippen LogP contribution >= 0.6 is 32.3 Å². The molecule has 2 heterocycles. The van der Waals surface area contributed by atoms with E-state index in [0.717, 1.165) is 18.1 Å². The number of halogens is 1. The molecule has 0 bridgehead atoms. The molecule has 3 nitrogen and oxygen atoms in total. The van der Waals surface area contributed by atoms with Crippen molar-refractivity contribution < 1.29 is 4.74 Å². The summed E-state index contributed by atoms with van der Waals surface area (Å²) in [6.45, 7) is 3.08. The van der Waals surface area contributed by atoms with E-state index in [-0.39, 0.29) is 4.74 Å². The number of anilines is 1. The lowest BCUT2D eigenvalue weighted by molar-refractivity contribution is 0.123. The Hall–Kier alpha value is -0.100. The van der Waals surface area contributed by atoms with Gasteiger partial charge in [-0.2, -0.15) is 0 Å². The normalized spacial score (nSPS) is 17.8. The van der Waals surface area contributed by atoms with E-state index in [0.29, 0.717) is 18.2 Å². The van der Waals surface area contributed by atoms with Crippen LogP contribution in [0.5, 0.6) is 0 Å². The Bertz CT molecular complexity index is 343. The molecule has 0 saturated carbocycles. The summed E-state index contributed by atoms with van der Waals surface area (Å²) in [5.41, 5.74) is 0. The highest BCUT2D eigenvalue weighted by Gasteiger charge is 2.17. The van der Waals surface area contributed by atoms with Gasteiger partial charge in [0.2, 0.25) is 0 Å². The molecule has 1 aromatic rings. The number of hydrogen-bond acceptors (Lipinski definition) is 5. The Morgan fingerprint density at radius 3 is 2.54 bits per heavy atom. The number of morpholine rings is 1. The molecule has 1 aromatic heterocycles. The third kappa shape index (κ3) is 1.88. The monoisotopic (exact) mass is 237 g/mol. The van der Waals surface area contributed by atoms with Crippen LogP contribution in [0.2, 0.25) is 5.02 Å². The topological polar surface area (TPSA) is 29.5 Å². The zero-order chi connectivity index (χ0) is 9.26. The molecule has 0 radical (unpaired) electrons. The summed E-state index contributed by atoms with van der Waals surface area (Å²) < 4.78 is 5.18. The summed E-state index contributed by atoms with van der Waals surface area (Å²) in [5, 5.41) is 1.27. The fraction of sp³-hybridized carbons (Fsp3) is 0.571. The standard InChI is InChI=1S/C7H8ClNO2S2/c8-5-6(12-13-7(5)10)9-1-3-11-4-2-9/h1-4H2. The first kappa shape index (κ1) is 9.45. The first-order chi connectivity index (χ1) is 6.29. The second kappa shape index (κ2) is 3.96. The Labute approximate surface area is 87.9 Å². The van der Waals surface area contributed by atoms with Crippen molar-refractivity contribution in [1.29, 1.82) is 0 Å². The summed E-state index contributed by atoms with van der Waals surface area (Å²) in [4.78, 5) is 13.2. The molecule has 72 valence electrons. The van der Waals surface area contributed by atoms with Gasteiger partial charge in [0.25, 0.3) is 4.74 Å². The third-order valence-electron chi connectivity index (χ3n) is 1.86. The number of hydrogen-bond donors (Lipinski definition) is 0. The molecular formula is C7H8ClNO2S2. The molecule has 1 aliphatic rings. The lowest BCUT2D eigenvalue weighted by Crippen LogP contribution is -2.35. The predicted molar refractivity (Wildman–Crippen MR) is 56.5 cm³/mol. The summed E-state index contributed by atoms with van der Waals surface area (Å²) in [5.74, 6) is 0. The van der Waals surface area contributed by atoms with E-state index in [1.165, 1.54) is 20.7 Å². The van der Waals surface area contributed by atoms with Gasteiger partial charge in [-0.05, 0) is 10.3 Å². The van der Waals surface area contributed by atoms with Crippen LogP contribution in [-0.4, -0.2) is 26.3 Å². The van der Waals surface area contributed by atoms with Crippen molar-refractivity contribution in [2.75, 3.05) is 31.2 Å². The summed E-state index contributed by atoms with van der Waals surface area (Å²) in [6.07, 6.45) is 0. The van der Waals surface area contributed by atoms with Crippen LogP contribution in [0.4, 0.5) is 5.00 Å². The van der Waals surface area contributed by atoms with Crippen molar-refractivity contribution in [3.05, 3.63) is 14.6 Å². The maximum absolute atomic E-state index is 11.1. The Balaban J connectivity index is 2.23. The van der Waals surface area contributed by atoms with Gasteiger partial charge in [-0.1, -0.05) is 21.9 Å². The highest BCUT2D eigenvalue weighted by molar-refractivity contribution is 7.70. The van der Waals surface area contributed by atoms with Crippen LogP contribution in [0.15, 0.2) is 4.79 Å². The van der Waals surface area contributed by atoms with Gasteiger partial charge >= 0.3 is 0 Å². The fourth-order valence-corrected chi connectivity index (χ4v) is 3.94. The number of nitrogens with zero attached hydrogens (tertiary/aromatic N) is 1. The first-order valence-corrected chi connectivity index (χ1v) is 6.43. The SMILES string of the molecule is O=c1ssc(N2CCOCC2)c1Cl. The van der Waals surface area contributed by atoms with E-state index in [9.17, 15) is 4.79 Å². The summed E-state index contributed by atoms with van der Waals surface area (Å²) in [7, 11) is 2.65. The maximum atomic E-state index is 11.1. The molecule has 0 aliphatic carbocycles. The minimum absolute atomic E-state index is 0.0341. The number of rotatable bonds is 1. The van der Waals surface area contributed by atoms with Gasteiger partial charge in [0.15, 0.2) is 0 Å². The molecular weight excluding hydrogens is 230 g/mol. The second-order valence-electron chi connectivity index (χ2n) is 2.67. The highest BCUT2D eigenvalue weighted by Crippen LogP contribution is 2.31. The van der Waals surface area contributed by atoms with E-state index in [4.69, 9.17) is 16.3 Å².